The zero-order chi connectivity index (χ0) is 21.4. The van der Waals surface area contributed by atoms with E-state index in [9.17, 15) is 0 Å². The van der Waals surface area contributed by atoms with Gasteiger partial charge in [-0.1, -0.05) is 37.1 Å². The van der Waals surface area contributed by atoms with E-state index >= 15 is 0 Å². The maximum Gasteiger partial charge on any atom is 0.150 e. The van der Waals surface area contributed by atoms with Gasteiger partial charge >= 0.3 is 0 Å². The normalized spacial score (nSPS) is 13.7. The standard InChI is InChI=1S/C27H30N4/c1-31(2)22-12-9-19(10-13-22)6-8-21-15-24-23-14-11-20(7-5-18-3-4-18)16-25(23)30-27(28)26(24)29-17-21/h9-18H,3-8H2,1-2H3,(H2,28,30). The molecular weight excluding hydrogens is 380 g/mol. The molecule has 0 spiro atoms. The molecule has 1 aliphatic carbocycles. The zero-order valence-electron chi connectivity index (χ0n) is 18.4. The van der Waals surface area contributed by atoms with Crippen LogP contribution >= 0.6 is 0 Å². The molecule has 1 saturated carbocycles. The quantitative estimate of drug-likeness (QED) is 0.405. The number of benzene rings is 2. The molecule has 31 heavy (non-hydrogen) atoms. The second kappa shape index (κ2) is 8.18. The third kappa shape index (κ3) is 4.34. The molecule has 0 atom stereocenters. The SMILES string of the molecule is CN(C)c1ccc(CCc2cnc3c(N)nc4cc(CCC5CC5)ccc4c3c2)cc1. The summed E-state index contributed by atoms with van der Waals surface area (Å²) in [5, 5.41) is 2.25. The minimum Gasteiger partial charge on any atom is -0.382 e. The van der Waals surface area contributed by atoms with E-state index in [0.29, 0.717) is 5.82 Å². The van der Waals surface area contributed by atoms with Crippen molar-refractivity contribution in [2.75, 3.05) is 24.7 Å². The molecule has 5 rings (SSSR count). The third-order valence-corrected chi connectivity index (χ3v) is 6.47. The molecule has 4 heteroatoms. The van der Waals surface area contributed by atoms with E-state index in [1.807, 2.05) is 6.20 Å². The number of pyridine rings is 2. The number of hydrogen-bond donors (Lipinski definition) is 1. The average Bonchev–Trinajstić information content (AvgIpc) is 3.61. The molecule has 0 unspecified atom stereocenters. The van der Waals surface area contributed by atoms with Gasteiger partial charge in [0, 0.05) is 36.8 Å². The van der Waals surface area contributed by atoms with E-state index in [-0.39, 0.29) is 0 Å². The number of aryl methyl sites for hydroxylation is 3. The highest BCUT2D eigenvalue weighted by Crippen LogP contribution is 2.34. The number of nitrogens with two attached hydrogens (primary N) is 1. The first-order valence-electron chi connectivity index (χ1n) is 11.3. The van der Waals surface area contributed by atoms with Crippen LogP contribution in [0.3, 0.4) is 0 Å². The highest BCUT2D eigenvalue weighted by molar-refractivity contribution is 6.08. The Hall–Kier alpha value is -3.14. The highest BCUT2D eigenvalue weighted by Gasteiger charge is 2.20. The minimum absolute atomic E-state index is 0.521. The number of aromatic nitrogens is 2. The molecular formula is C27H30N4. The Morgan fingerprint density at radius 1 is 0.871 bits per heavy atom. The van der Waals surface area contributed by atoms with Crippen molar-refractivity contribution < 1.29 is 0 Å². The predicted molar refractivity (Wildman–Crippen MR) is 131 cm³/mol. The minimum atomic E-state index is 0.521. The summed E-state index contributed by atoms with van der Waals surface area (Å²) in [6.07, 6.45) is 9.11. The van der Waals surface area contributed by atoms with Crippen molar-refractivity contribution in [3.05, 3.63) is 71.4 Å². The van der Waals surface area contributed by atoms with E-state index in [0.717, 1.165) is 47.0 Å². The molecule has 4 aromatic rings. The third-order valence-electron chi connectivity index (χ3n) is 6.47. The van der Waals surface area contributed by atoms with Gasteiger partial charge in [0.05, 0.1) is 5.52 Å². The summed E-state index contributed by atoms with van der Waals surface area (Å²) >= 11 is 0. The summed E-state index contributed by atoms with van der Waals surface area (Å²) in [6, 6.07) is 17.7. The molecule has 2 aromatic carbocycles. The van der Waals surface area contributed by atoms with Gasteiger partial charge < -0.3 is 10.6 Å². The summed E-state index contributed by atoms with van der Waals surface area (Å²) in [5.41, 5.74) is 13.2. The van der Waals surface area contributed by atoms with Crippen LogP contribution in [0.2, 0.25) is 0 Å². The average molecular weight is 411 g/mol. The van der Waals surface area contributed by atoms with Gasteiger partial charge in [-0.25, -0.2) is 4.98 Å². The van der Waals surface area contributed by atoms with Crippen molar-refractivity contribution in [2.45, 2.75) is 38.5 Å². The molecule has 0 radical (unpaired) electrons. The van der Waals surface area contributed by atoms with Gasteiger partial charge in [0.1, 0.15) is 5.52 Å². The molecule has 158 valence electrons. The van der Waals surface area contributed by atoms with Crippen LogP contribution in [0.4, 0.5) is 11.5 Å². The lowest BCUT2D eigenvalue weighted by atomic mass is 10.0. The number of nitrogens with zero attached hydrogens (tertiary/aromatic N) is 3. The summed E-state index contributed by atoms with van der Waals surface area (Å²) in [5.74, 6) is 1.46. The molecule has 2 aromatic heterocycles. The van der Waals surface area contributed by atoms with Crippen molar-refractivity contribution >= 4 is 33.3 Å². The van der Waals surface area contributed by atoms with Crippen LogP contribution in [0.5, 0.6) is 0 Å². The predicted octanol–water partition coefficient (Wildman–Crippen LogP) is 5.56. The molecule has 2 N–H and O–H groups in total. The van der Waals surface area contributed by atoms with Crippen molar-refractivity contribution in [1.82, 2.24) is 9.97 Å². The van der Waals surface area contributed by atoms with E-state index in [1.54, 1.807) is 0 Å². The number of nitrogen functional groups attached to an aromatic ring is 1. The number of hydrogen-bond acceptors (Lipinski definition) is 4. The Bertz CT molecular complexity index is 1220. The van der Waals surface area contributed by atoms with Gasteiger partial charge in [0.25, 0.3) is 0 Å². The largest absolute Gasteiger partial charge is 0.382 e. The first kappa shape index (κ1) is 19.8. The van der Waals surface area contributed by atoms with Crippen LogP contribution in [0, 0.1) is 5.92 Å². The first-order chi connectivity index (χ1) is 15.1. The topological polar surface area (TPSA) is 55.0 Å². The summed E-state index contributed by atoms with van der Waals surface area (Å²) < 4.78 is 0. The van der Waals surface area contributed by atoms with Gasteiger partial charge in [-0.2, -0.15) is 0 Å². The highest BCUT2D eigenvalue weighted by atomic mass is 15.1. The molecule has 0 bridgehead atoms. The number of rotatable bonds is 7. The van der Waals surface area contributed by atoms with E-state index in [4.69, 9.17) is 5.73 Å². The van der Waals surface area contributed by atoms with Crippen LogP contribution < -0.4 is 10.6 Å². The molecule has 2 heterocycles. The van der Waals surface area contributed by atoms with Crippen LogP contribution in [-0.2, 0) is 19.3 Å². The Kier molecular flexibility index (Phi) is 5.23. The summed E-state index contributed by atoms with van der Waals surface area (Å²) in [7, 11) is 4.13. The maximum absolute atomic E-state index is 6.28. The molecule has 1 fully saturated rings. The van der Waals surface area contributed by atoms with Gasteiger partial charge in [-0.05, 0) is 72.6 Å². The van der Waals surface area contributed by atoms with Crippen molar-refractivity contribution in [2.24, 2.45) is 5.92 Å². The fourth-order valence-corrected chi connectivity index (χ4v) is 4.32. The Morgan fingerprint density at radius 2 is 1.61 bits per heavy atom. The second-order valence-electron chi connectivity index (χ2n) is 9.13. The second-order valence-corrected chi connectivity index (χ2v) is 9.13. The van der Waals surface area contributed by atoms with Gasteiger partial charge in [-0.3, -0.25) is 4.98 Å². The molecule has 0 amide bonds. The summed E-state index contributed by atoms with van der Waals surface area (Å²) in [6.45, 7) is 0. The fraction of sp³-hybridized carbons (Fsp3) is 0.333. The van der Waals surface area contributed by atoms with E-state index in [1.165, 1.54) is 41.6 Å². The van der Waals surface area contributed by atoms with Crippen molar-refractivity contribution in [3.63, 3.8) is 0 Å². The smallest absolute Gasteiger partial charge is 0.150 e. The molecule has 0 aliphatic heterocycles. The van der Waals surface area contributed by atoms with Crippen LogP contribution in [-0.4, -0.2) is 24.1 Å². The Balaban J connectivity index is 1.40. The van der Waals surface area contributed by atoms with Gasteiger partial charge in [0.2, 0.25) is 0 Å². The summed E-state index contributed by atoms with van der Waals surface area (Å²) in [4.78, 5) is 11.5. The Labute approximate surface area is 184 Å². The molecule has 4 nitrogen and oxygen atoms in total. The lowest BCUT2D eigenvalue weighted by Gasteiger charge is -2.13. The van der Waals surface area contributed by atoms with Crippen LogP contribution in [0.15, 0.2) is 54.7 Å². The molecule has 1 aliphatic rings. The van der Waals surface area contributed by atoms with Crippen molar-refractivity contribution in [3.8, 4) is 0 Å². The van der Waals surface area contributed by atoms with E-state index < -0.39 is 0 Å². The lowest BCUT2D eigenvalue weighted by Crippen LogP contribution is -2.08. The maximum atomic E-state index is 6.28. The van der Waals surface area contributed by atoms with Crippen LogP contribution in [0.1, 0.15) is 36.0 Å². The lowest BCUT2D eigenvalue weighted by molar-refractivity contribution is 0.727. The Morgan fingerprint density at radius 3 is 2.35 bits per heavy atom. The molecule has 0 saturated heterocycles. The number of fused-ring (bicyclic) bond motifs is 3. The zero-order valence-corrected chi connectivity index (χ0v) is 18.4. The fourth-order valence-electron chi connectivity index (χ4n) is 4.32. The number of anilines is 2. The van der Waals surface area contributed by atoms with Gasteiger partial charge in [0.15, 0.2) is 5.82 Å². The monoisotopic (exact) mass is 410 g/mol. The first-order valence-corrected chi connectivity index (χ1v) is 11.3. The van der Waals surface area contributed by atoms with Crippen LogP contribution in [0.25, 0.3) is 21.8 Å². The van der Waals surface area contributed by atoms with E-state index in [2.05, 4.69) is 77.5 Å². The van der Waals surface area contributed by atoms with Crippen molar-refractivity contribution in [1.29, 1.82) is 0 Å². The van der Waals surface area contributed by atoms with Gasteiger partial charge in [-0.15, -0.1) is 0 Å².